The van der Waals surface area contributed by atoms with E-state index in [1.807, 2.05) is 18.2 Å². The Bertz CT molecular complexity index is 449. The summed E-state index contributed by atoms with van der Waals surface area (Å²) in [5, 5.41) is 0. The molecule has 0 atom stereocenters. The van der Waals surface area contributed by atoms with Crippen LogP contribution in [-0.2, 0) is 5.41 Å². The highest BCUT2D eigenvalue weighted by atomic mass is 16.5. The molecule has 0 aliphatic heterocycles. The van der Waals surface area contributed by atoms with E-state index in [1.54, 1.807) is 7.11 Å². The van der Waals surface area contributed by atoms with Gasteiger partial charge in [-0.2, -0.15) is 0 Å². The van der Waals surface area contributed by atoms with Gasteiger partial charge in [0.1, 0.15) is 12.0 Å². The van der Waals surface area contributed by atoms with Crippen molar-refractivity contribution < 1.29 is 9.53 Å². The first-order valence-corrected chi connectivity index (χ1v) is 8.69. The van der Waals surface area contributed by atoms with Gasteiger partial charge in [-0.3, -0.25) is 4.79 Å². The summed E-state index contributed by atoms with van der Waals surface area (Å²) in [6.07, 6.45) is 11.3. The lowest BCUT2D eigenvalue weighted by molar-refractivity contribution is 0.112. The van der Waals surface area contributed by atoms with Gasteiger partial charge in [0.15, 0.2) is 0 Å². The number of methoxy groups -OCH3 is 1. The van der Waals surface area contributed by atoms with Crippen LogP contribution in [0.15, 0.2) is 18.2 Å². The van der Waals surface area contributed by atoms with Crippen molar-refractivity contribution in [3.8, 4) is 5.75 Å². The Morgan fingerprint density at radius 2 is 1.68 bits per heavy atom. The Balaban J connectivity index is 2.56. The SMILES string of the molecule is CCCCCCCCCC(C)(C)c1cc(C=O)ccc1OC. The normalized spacial score (nSPS) is 11.5. The smallest absolute Gasteiger partial charge is 0.150 e. The zero-order valence-corrected chi connectivity index (χ0v) is 14.8. The van der Waals surface area contributed by atoms with Crippen LogP contribution < -0.4 is 4.74 Å². The molecule has 0 bridgehead atoms. The average molecular weight is 304 g/mol. The Morgan fingerprint density at radius 1 is 1.05 bits per heavy atom. The Morgan fingerprint density at radius 3 is 2.27 bits per heavy atom. The summed E-state index contributed by atoms with van der Waals surface area (Å²) in [5.41, 5.74) is 1.90. The fourth-order valence-electron chi connectivity index (χ4n) is 2.99. The summed E-state index contributed by atoms with van der Waals surface area (Å²) < 4.78 is 5.49. The maximum Gasteiger partial charge on any atom is 0.150 e. The summed E-state index contributed by atoms with van der Waals surface area (Å²) in [6.45, 7) is 6.75. The molecule has 0 aliphatic carbocycles. The number of carbonyl (C=O) groups excluding carboxylic acids is 1. The number of rotatable bonds is 11. The number of hydrogen-bond donors (Lipinski definition) is 0. The summed E-state index contributed by atoms with van der Waals surface area (Å²) in [7, 11) is 1.70. The third-order valence-corrected chi connectivity index (χ3v) is 4.49. The maximum absolute atomic E-state index is 11.0. The molecule has 0 aliphatic rings. The number of benzene rings is 1. The number of unbranched alkanes of at least 4 members (excludes halogenated alkanes) is 6. The van der Waals surface area contributed by atoms with Gasteiger partial charge >= 0.3 is 0 Å². The van der Waals surface area contributed by atoms with E-state index in [1.165, 1.54) is 44.9 Å². The highest BCUT2D eigenvalue weighted by Gasteiger charge is 2.24. The van der Waals surface area contributed by atoms with Crippen LogP contribution in [0.2, 0.25) is 0 Å². The van der Waals surface area contributed by atoms with Crippen LogP contribution in [0.4, 0.5) is 0 Å². The van der Waals surface area contributed by atoms with E-state index in [0.29, 0.717) is 0 Å². The zero-order chi connectivity index (χ0) is 16.4. The molecule has 0 saturated carbocycles. The Kier molecular flexibility index (Phi) is 8.22. The van der Waals surface area contributed by atoms with E-state index < -0.39 is 0 Å². The lowest BCUT2D eigenvalue weighted by Crippen LogP contribution is -2.18. The third kappa shape index (κ3) is 5.82. The van der Waals surface area contributed by atoms with Crippen molar-refractivity contribution in [2.45, 2.75) is 77.6 Å². The standard InChI is InChI=1S/C20H32O2/c1-5-6-7-8-9-10-11-14-20(2,3)18-15-17(16-21)12-13-19(18)22-4/h12-13,15-16H,5-11,14H2,1-4H3. The van der Waals surface area contributed by atoms with Crippen molar-refractivity contribution in [3.05, 3.63) is 29.3 Å². The fraction of sp³-hybridized carbons (Fsp3) is 0.650. The first-order valence-electron chi connectivity index (χ1n) is 8.69. The molecule has 1 rings (SSSR count). The second-order valence-corrected chi connectivity index (χ2v) is 6.83. The Labute approximate surface area is 136 Å². The van der Waals surface area contributed by atoms with Crippen molar-refractivity contribution in [1.29, 1.82) is 0 Å². The summed E-state index contributed by atoms with van der Waals surface area (Å²) in [6, 6.07) is 5.71. The van der Waals surface area contributed by atoms with E-state index in [9.17, 15) is 4.79 Å². The average Bonchev–Trinajstić information content (AvgIpc) is 2.53. The Hall–Kier alpha value is -1.31. The first-order chi connectivity index (χ1) is 10.5. The summed E-state index contributed by atoms with van der Waals surface area (Å²) >= 11 is 0. The third-order valence-electron chi connectivity index (χ3n) is 4.49. The lowest BCUT2D eigenvalue weighted by atomic mass is 9.79. The van der Waals surface area contributed by atoms with Crippen LogP contribution in [0, 0.1) is 0 Å². The highest BCUT2D eigenvalue weighted by molar-refractivity contribution is 5.76. The van der Waals surface area contributed by atoms with Gasteiger partial charge in [0, 0.05) is 11.1 Å². The molecule has 0 spiro atoms. The van der Waals surface area contributed by atoms with Gasteiger partial charge in [-0.25, -0.2) is 0 Å². The van der Waals surface area contributed by atoms with Gasteiger partial charge < -0.3 is 4.74 Å². The first kappa shape index (κ1) is 18.7. The molecular formula is C20H32O2. The van der Waals surface area contributed by atoms with Crippen LogP contribution in [-0.4, -0.2) is 13.4 Å². The van der Waals surface area contributed by atoms with E-state index in [-0.39, 0.29) is 5.41 Å². The minimum Gasteiger partial charge on any atom is -0.496 e. The zero-order valence-electron chi connectivity index (χ0n) is 14.8. The van der Waals surface area contributed by atoms with Gasteiger partial charge in [-0.15, -0.1) is 0 Å². The predicted molar refractivity (Wildman–Crippen MR) is 94.0 cm³/mol. The summed E-state index contributed by atoms with van der Waals surface area (Å²) in [4.78, 5) is 11.0. The molecule has 0 radical (unpaired) electrons. The fourth-order valence-corrected chi connectivity index (χ4v) is 2.99. The van der Waals surface area contributed by atoms with Crippen LogP contribution >= 0.6 is 0 Å². The van der Waals surface area contributed by atoms with E-state index in [0.717, 1.165) is 29.6 Å². The predicted octanol–water partition coefficient (Wildman–Crippen LogP) is 5.93. The monoisotopic (exact) mass is 304 g/mol. The molecule has 0 saturated heterocycles. The second kappa shape index (κ2) is 9.66. The van der Waals surface area contributed by atoms with E-state index in [4.69, 9.17) is 4.74 Å². The molecule has 2 nitrogen and oxygen atoms in total. The quantitative estimate of drug-likeness (QED) is 0.374. The van der Waals surface area contributed by atoms with Gasteiger partial charge in [0.25, 0.3) is 0 Å². The topological polar surface area (TPSA) is 26.3 Å². The molecule has 0 heterocycles. The molecule has 0 N–H and O–H groups in total. The second-order valence-electron chi connectivity index (χ2n) is 6.83. The van der Waals surface area contributed by atoms with Crippen molar-refractivity contribution >= 4 is 6.29 Å². The van der Waals surface area contributed by atoms with Crippen molar-refractivity contribution in [3.63, 3.8) is 0 Å². The molecule has 0 aromatic heterocycles. The van der Waals surface area contributed by atoms with Crippen molar-refractivity contribution in [2.75, 3.05) is 7.11 Å². The minimum atomic E-state index is 0.0355. The van der Waals surface area contributed by atoms with Gasteiger partial charge in [0.2, 0.25) is 0 Å². The van der Waals surface area contributed by atoms with Crippen LogP contribution in [0.1, 0.15) is 88.1 Å². The largest absolute Gasteiger partial charge is 0.496 e. The lowest BCUT2D eigenvalue weighted by Gasteiger charge is -2.27. The molecule has 1 aromatic rings. The minimum absolute atomic E-state index is 0.0355. The highest BCUT2D eigenvalue weighted by Crippen LogP contribution is 2.36. The number of hydrogen-bond acceptors (Lipinski definition) is 2. The van der Waals surface area contributed by atoms with Crippen molar-refractivity contribution in [2.24, 2.45) is 0 Å². The number of carbonyl (C=O) groups is 1. The van der Waals surface area contributed by atoms with Crippen LogP contribution in [0.5, 0.6) is 5.75 Å². The maximum atomic E-state index is 11.0. The molecule has 0 amide bonds. The summed E-state index contributed by atoms with van der Waals surface area (Å²) in [5.74, 6) is 0.888. The van der Waals surface area contributed by atoms with E-state index >= 15 is 0 Å². The number of ether oxygens (including phenoxy) is 1. The molecule has 0 fully saturated rings. The van der Waals surface area contributed by atoms with Crippen LogP contribution in [0.25, 0.3) is 0 Å². The number of aldehydes is 1. The molecule has 22 heavy (non-hydrogen) atoms. The van der Waals surface area contributed by atoms with Crippen LogP contribution in [0.3, 0.4) is 0 Å². The van der Waals surface area contributed by atoms with Gasteiger partial charge in [-0.05, 0) is 30.0 Å². The molecular weight excluding hydrogens is 272 g/mol. The van der Waals surface area contributed by atoms with E-state index in [2.05, 4.69) is 20.8 Å². The van der Waals surface area contributed by atoms with Gasteiger partial charge in [0.05, 0.1) is 7.11 Å². The molecule has 0 unspecified atom stereocenters. The van der Waals surface area contributed by atoms with Crippen molar-refractivity contribution in [1.82, 2.24) is 0 Å². The molecule has 124 valence electrons. The van der Waals surface area contributed by atoms with Gasteiger partial charge in [-0.1, -0.05) is 65.7 Å². The molecule has 2 heteroatoms. The molecule has 1 aromatic carbocycles.